The van der Waals surface area contributed by atoms with Crippen molar-refractivity contribution in [3.05, 3.63) is 85.4 Å². The van der Waals surface area contributed by atoms with Gasteiger partial charge >= 0.3 is 0 Å². The van der Waals surface area contributed by atoms with Gasteiger partial charge in [0.25, 0.3) is 11.8 Å². The quantitative estimate of drug-likeness (QED) is 0.240. The van der Waals surface area contributed by atoms with Gasteiger partial charge in [0.05, 0.1) is 37.7 Å². The molecule has 0 aromatic heterocycles. The highest BCUT2D eigenvalue weighted by molar-refractivity contribution is 14.1. The maximum atomic E-state index is 13.0. The Hall–Kier alpha value is -3.08. The summed E-state index contributed by atoms with van der Waals surface area (Å²) >= 11 is 14.0. The standard InChI is InChI=1S/C26H20Cl2IN3O4/c1-15-19(26(34)32(31-15)18-6-4-3-5-7-18)10-16-11-22(29)25(23(12-16)35-2)36-14-24(33)30-17-8-9-20(27)21(28)13-17/h3-13H,14H2,1-2H3,(H,30,33)/b19-10-. The second-order valence-corrected chi connectivity index (χ2v) is 9.67. The second-order valence-electron chi connectivity index (χ2n) is 7.70. The Kier molecular flexibility index (Phi) is 8.17. The Morgan fingerprint density at radius 1 is 1.11 bits per heavy atom. The van der Waals surface area contributed by atoms with Crippen molar-refractivity contribution in [2.45, 2.75) is 6.92 Å². The number of methoxy groups -OCH3 is 1. The first-order valence-corrected chi connectivity index (χ1v) is 12.5. The zero-order chi connectivity index (χ0) is 25.8. The number of para-hydroxylation sites is 1. The molecule has 10 heteroatoms. The van der Waals surface area contributed by atoms with Crippen molar-refractivity contribution in [2.24, 2.45) is 5.10 Å². The van der Waals surface area contributed by atoms with Crippen molar-refractivity contribution < 1.29 is 19.1 Å². The average Bonchev–Trinajstić information content (AvgIpc) is 3.14. The van der Waals surface area contributed by atoms with Crippen LogP contribution in [-0.2, 0) is 9.59 Å². The Bertz CT molecular complexity index is 1390. The van der Waals surface area contributed by atoms with Gasteiger partial charge in [0, 0.05) is 5.69 Å². The van der Waals surface area contributed by atoms with E-state index in [9.17, 15) is 9.59 Å². The van der Waals surface area contributed by atoms with Crippen LogP contribution in [0.5, 0.6) is 11.5 Å². The molecule has 0 unspecified atom stereocenters. The van der Waals surface area contributed by atoms with Crippen LogP contribution in [0.2, 0.25) is 10.0 Å². The van der Waals surface area contributed by atoms with Gasteiger partial charge in [-0.15, -0.1) is 0 Å². The molecule has 1 heterocycles. The maximum Gasteiger partial charge on any atom is 0.280 e. The first kappa shape index (κ1) is 26.0. The van der Waals surface area contributed by atoms with E-state index in [4.69, 9.17) is 32.7 Å². The minimum absolute atomic E-state index is 0.216. The number of carbonyl (C=O) groups excluding carboxylic acids is 2. The van der Waals surface area contributed by atoms with Crippen LogP contribution in [0.15, 0.2) is 71.3 Å². The van der Waals surface area contributed by atoms with Gasteiger partial charge in [0.1, 0.15) is 0 Å². The molecule has 184 valence electrons. The summed E-state index contributed by atoms with van der Waals surface area (Å²) in [6.45, 7) is 1.54. The summed E-state index contributed by atoms with van der Waals surface area (Å²) in [5, 5.41) is 9.23. The highest BCUT2D eigenvalue weighted by Crippen LogP contribution is 2.35. The van der Waals surface area contributed by atoms with Gasteiger partial charge in [-0.05, 0) is 83.6 Å². The summed E-state index contributed by atoms with van der Waals surface area (Å²) in [4.78, 5) is 25.4. The number of anilines is 2. The largest absolute Gasteiger partial charge is 0.493 e. The number of amides is 2. The molecule has 4 rings (SSSR count). The fourth-order valence-electron chi connectivity index (χ4n) is 3.47. The lowest BCUT2D eigenvalue weighted by atomic mass is 10.1. The van der Waals surface area contributed by atoms with E-state index < -0.39 is 0 Å². The van der Waals surface area contributed by atoms with Gasteiger partial charge < -0.3 is 14.8 Å². The van der Waals surface area contributed by atoms with Crippen molar-refractivity contribution in [1.82, 2.24) is 0 Å². The molecule has 2 amide bonds. The lowest BCUT2D eigenvalue weighted by molar-refractivity contribution is -0.118. The van der Waals surface area contributed by atoms with E-state index >= 15 is 0 Å². The van der Waals surface area contributed by atoms with Crippen LogP contribution in [-0.4, -0.2) is 31.2 Å². The topological polar surface area (TPSA) is 80.2 Å². The average molecular weight is 636 g/mol. The first-order chi connectivity index (χ1) is 17.3. The van der Waals surface area contributed by atoms with Gasteiger partial charge in [0.15, 0.2) is 18.1 Å². The Morgan fingerprint density at radius 2 is 1.86 bits per heavy atom. The van der Waals surface area contributed by atoms with Crippen molar-refractivity contribution in [2.75, 3.05) is 24.0 Å². The first-order valence-electron chi connectivity index (χ1n) is 10.7. The van der Waals surface area contributed by atoms with Crippen LogP contribution in [0.1, 0.15) is 12.5 Å². The van der Waals surface area contributed by atoms with Crippen LogP contribution in [0.25, 0.3) is 6.08 Å². The molecule has 0 spiro atoms. The normalized spacial score (nSPS) is 14.1. The molecule has 3 aromatic carbocycles. The van der Waals surface area contributed by atoms with Gasteiger partial charge in [-0.25, -0.2) is 0 Å². The van der Waals surface area contributed by atoms with E-state index in [0.717, 1.165) is 5.56 Å². The summed E-state index contributed by atoms with van der Waals surface area (Å²) in [7, 11) is 1.51. The number of rotatable bonds is 7. The number of halogens is 3. The molecule has 0 atom stereocenters. The molecule has 0 bridgehead atoms. The highest BCUT2D eigenvalue weighted by atomic mass is 127. The van der Waals surface area contributed by atoms with Gasteiger partial charge in [-0.2, -0.15) is 10.1 Å². The number of benzene rings is 3. The zero-order valence-corrected chi connectivity index (χ0v) is 22.9. The van der Waals surface area contributed by atoms with Crippen LogP contribution >= 0.6 is 45.8 Å². The summed E-state index contributed by atoms with van der Waals surface area (Å²) < 4.78 is 12.0. The van der Waals surface area contributed by atoms with E-state index in [0.29, 0.717) is 47.8 Å². The van der Waals surface area contributed by atoms with Crippen molar-refractivity contribution >= 4 is 80.8 Å². The molecule has 1 aliphatic heterocycles. The molecule has 0 saturated heterocycles. The minimum Gasteiger partial charge on any atom is -0.493 e. The molecule has 3 aromatic rings. The highest BCUT2D eigenvalue weighted by Gasteiger charge is 2.28. The molecule has 0 fully saturated rings. The smallest absolute Gasteiger partial charge is 0.280 e. The molecule has 1 aliphatic rings. The fraction of sp³-hybridized carbons (Fsp3) is 0.115. The minimum atomic E-state index is -0.373. The monoisotopic (exact) mass is 635 g/mol. The maximum absolute atomic E-state index is 13.0. The Balaban J connectivity index is 1.50. The third-order valence-corrected chi connectivity index (χ3v) is 6.72. The summed E-state index contributed by atoms with van der Waals surface area (Å²) in [5.74, 6) is 0.253. The molecular formula is C26H20Cl2IN3O4. The Labute approximate surface area is 231 Å². The van der Waals surface area contributed by atoms with Crippen molar-refractivity contribution in [1.29, 1.82) is 0 Å². The van der Waals surface area contributed by atoms with Gasteiger partial charge in [0.2, 0.25) is 0 Å². The molecule has 0 radical (unpaired) electrons. The number of nitrogens with one attached hydrogen (secondary N) is 1. The molecular weight excluding hydrogens is 616 g/mol. The fourth-order valence-corrected chi connectivity index (χ4v) is 4.55. The van der Waals surface area contributed by atoms with E-state index in [1.807, 2.05) is 36.4 Å². The van der Waals surface area contributed by atoms with Crippen LogP contribution in [0, 0.1) is 3.57 Å². The Morgan fingerprint density at radius 3 is 2.56 bits per heavy atom. The predicted molar refractivity (Wildman–Crippen MR) is 151 cm³/mol. The van der Waals surface area contributed by atoms with Crippen LogP contribution in [0.3, 0.4) is 0 Å². The number of nitrogens with zero attached hydrogens (tertiary/aromatic N) is 2. The van der Waals surface area contributed by atoms with Gasteiger partial charge in [-0.1, -0.05) is 41.4 Å². The SMILES string of the molecule is COc1cc(/C=C2\C(=O)N(c3ccccc3)N=C2C)cc(I)c1OCC(=O)Nc1ccc(Cl)c(Cl)c1. The molecule has 36 heavy (non-hydrogen) atoms. The summed E-state index contributed by atoms with van der Waals surface area (Å²) in [5.41, 5.74) is 3.02. The third kappa shape index (κ3) is 5.83. The predicted octanol–water partition coefficient (Wildman–Crippen LogP) is 6.43. The zero-order valence-electron chi connectivity index (χ0n) is 19.2. The van der Waals surface area contributed by atoms with Crippen molar-refractivity contribution in [3.63, 3.8) is 0 Å². The van der Waals surface area contributed by atoms with Crippen LogP contribution < -0.4 is 19.8 Å². The molecule has 0 aliphatic carbocycles. The van der Waals surface area contributed by atoms with Crippen molar-refractivity contribution in [3.8, 4) is 11.5 Å². The van der Waals surface area contributed by atoms with E-state index in [1.165, 1.54) is 12.1 Å². The molecule has 7 nitrogen and oxygen atoms in total. The van der Waals surface area contributed by atoms with Crippen LogP contribution in [0.4, 0.5) is 11.4 Å². The lowest BCUT2D eigenvalue weighted by Gasteiger charge is -2.14. The number of hydrogen-bond acceptors (Lipinski definition) is 5. The second kappa shape index (κ2) is 11.3. The number of hydrazone groups is 1. The van der Waals surface area contributed by atoms with E-state index in [1.54, 1.807) is 37.3 Å². The number of carbonyl (C=O) groups is 2. The summed E-state index contributed by atoms with van der Waals surface area (Å²) in [6, 6.07) is 17.6. The third-order valence-electron chi connectivity index (χ3n) is 5.18. The summed E-state index contributed by atoms with van der Waals surface area (Å²) in [6.07, 6.45) is 1.76. The number of hydrogen-bond donors (Lipinski definition) is 1. The molecule has 1 N–H and O–H groups in total. The lowest BCUT2D eigenvalue weighted by Crippen LogP contribution is -2.21. The van der Waals surface area contributed by atoms with E-state index in [-0.39, 0.29) is 18.4 Å². The molecule has 0 saturated carbocycles. The van der Waals surface area contributed by atoms with E-state index in [2.05, 4.69) is 33.0 Å². The van der Waals surface area contributed by atoms with Gasteiger partial charge in [-0.3, -0.25) is 9.59 Å². The number of ether oxygens (including phenoxy) is 2.